The zero-order valence-electron chi connectivity index (χ0n) is 6.30. The summed E-state index contributed by atoms with van der Waals surface area (Å²) in [4.78, 5) is 10.9. The molecule has 1 heterocycles. The number of quaternary nitrogens is 1. The predicted octanol–water partition coefficient (Wildman–Crippen LogP) is -0.867. The first kappa shape index (κ1) is 7.54. The standard InChI is InChI=1S/C7H13NO2/c1-10-7(9)6-3-2-4-8-5-6/h6,8H,2-5H2,1H3/p+1/t6-/m0/s1. The van der Waals surface area contributed by atoms with Gasteiger partial charge in [-0.2, -0.15) is 0 Å². The summed E-state index contributed by atoms with van der Waals surface area (Å²) >= 11 is 0. The predicted molar refractivity (Wildman–Crippen MR) is 36.4 cm³/mol. The molecule has 0 aromatic carbocycles. The molecule has 0 unspecified atom stereocenters. The van der Waals surface area contributed by atoms with Crippen molar-refractivity contribution in [2.75, 3.05) is 20.2 Å². The summed E-state index contributed by atoms with van der Waals surface area (Å²) in [7, 11) is 1.46. The smallest absolute Gasteiger partial charge is 0.314 e. The van der Waals surface area contributed by atoms with Gasteiger partial charge < -0.3 is 10.1 Å². The third kappa shape index (κ3) is 1.70. The number of nitrogens with two attached hydrogens (primary N) is 1. The zero-order chi connectivity index (χ0) is 7.40. The second kappa shape index (κ2) is 3.56. The lowest BCUT2D eigenvalue weighted by Crippen LogP contribution is -2.87. The molecule has 3 heteroatoms. The van der Waals surface area contributed by atoms with E-state index in [1.54, 1.807) is 0 Å². The number of methoxy groups -OCH3 is 1. The molecular weight excluding hydrogens is 130 g/mol. The highest BCUT2D eigenvalue weighted by atomic mass is 16.5. The van der Waals surface area contributed by atoms with Crippen molar-refractivity contribution in [1.29, 1.82) is 0 Å². The highest BCUT2D eigenvalue weighted by molar-refractivity contribution is 5.72. The highest BCUT2D eigenvalue weighted by Crippen LogP contribution is 2.07. The normalized spacial score (nSPS) is 25.9. The van der Waals surface area contributed by atoms with Crippen LogP contribution >= 0.6 is 0 Å². The van der Waals surface area contributed by atoms with Gasteiger partial charge in [-0.1, -0.05) is 0 Å². The minimum Gasteiger partial charge on any atom is -0.469 e. The average molecular weight is 144 g/mol. The van der Waals surface area contributed by atoms with Gasteiger partial charge >= 0.3 is 5.97 Å². The number of piperidine rings is 1. The van der Waals surface area contributed by atoms with E-state index in [4.69, 9.17) is 0 Å². The first-order valence-corrected chi connectivity index (χ1v) is 3.74. The molecule has 0 saturated carbocycles. The van der Waals surface area contributed by atoms with Gasteiger partial charge in [-0.25, -0.2) is 0 Å². The van der Waals surface area contributed by atoms with Gasteiger partial charge in [0.15, 0.2) is 0 Å². The number of hydrogen-bond acceptors (Lipinski definition) is 2. The molecule has 3 nitrogen and oxygen atoms in total. The van der Waals surface area contributed by atoms with Crippen LogP contribution in [0.25, 0.3) is 0 Å². The first-order chi connectivity index (χ1) is 4.84. The fraction of sp³-hybridized carbons (Fsp3) is 0.857. The third-order valence-electron chi connectivity index (χ3n) is 1.95. The third-order valence-corrected chi connectivity index (χ3v) is 1.95. The lowest BCUT2D eigenvalue weighted by Gasteiger charge is -2.17. The summed E-state index contributed by atoms with van der Waals surface area (Å²) in [6, 6.07) is 0. The maximum atomic E-state index is 10.9. The first-order valence-electron chi connectivity index (χ1n) is 3.74. The summed E-state index contributed by atoms with van der Waals surface area (Å²) in [5.74, 6) is 0.106. The van der Waals surface area contributed by atoms with Crippen molar-refractivity contribution >= 4 is 5.97 Å². The second-order valence-corrected chi connectivity index (χ2v) is 2.68. The van der Waals surface area contributed by atoms with Gasteiger partial charge in [0.25, 0.3) is 0 Å². The van der Waals surface area contributed by atoms with Crippen molar-refractivity contribution < 1.29 is 14.8 Å². The summed E-state index contributed by atoms with van der Waals surface area (Å²) in [5.41, 5.74) is 0. The molecule has 0 radical (unpaired) electrons. The molecule has 2 N–H and O–H groups in total. The van der Waals surface area contributed by atoms with E-state index < -0.39 is 0 Å². The summed E-state index contributed by atoms with van der Waals surface area (Å²) in [6.07, 6.45) is 2.14. The molecule has 0 spiro atoms. The topological polar surface area (TPSA) is 42.9 Å². The Kier molecular flexibility index (Phi) is 2.68. The molecule has 58 valence electrons. The number of rotatable bonds is 1. The number of carbonyl (C=O) groups excluding carboxylic acids is 1. The zero-order valence-corrected chi connectivity index (χ0v) is 6.30. The molecule has 1 fully saturated rings. The Morgan fingerprint density at radius 1 is 1.70 bits per heavy atom. The number of hydrogen-bond donors (Lipinski definition) is 1. The Morgan fingerprint density at radius 2 is 2.50 bits per heavy atom. The Bertz CT molecular complexity index is 119. The quantitative estimate of drug-likeness (QED) is 0.486. The van der Waals surface area contributed by atoms with E-state index in [-0.39, 0.29) is 11.9 Å². The molecular formula is C7H14NO2+. The fourth-order valence-corrected chi connectivity index (χ4v) is 1.33. The molecule has 0 aromatic heterocycles. The molecule has 1 saturated heterocycles. The van der Waals surface area contributed by atoms with Gasteiger partial charge in [-0.15, -0.1) is 0 Å². The molecule has 0 aromatic rings. The largest absolute Gasteiger partial charge is 0.469 e. The molecule has 10 heavy (non-hydrogen) atoms. The molecule has 1 aliphatic rings. The van der Waals surface area contributed by atoms with Crippen LogP contribution < -0.4 is 5.32 Å². The minimum atomic E-state index is -0.0454. The second-order valence-electron chi connectivity index (χ2n) is 2.68. The van der Waals surface area contributed by atoms with Gasteiger partial charge in [0.2, 0.25) is 0 Å². The van der Waals surface area contributed by atoms with Crippen molar-refractivity contribution in [2.24, 2.45) is 5.92 Å². The van der Waals surface area contributed by atoms with Crippen LogP contribution in [0.3, 0.4) is 0 Å². The molecule has 1 rings (SSSR count). The maximum Gasteiger partial charge on any atom is 0.314 e. The van der Waals surface area contributed by atoms with Gasteiger partial charge in [0.05, 0.1) is 20.2 Å². The Balaban J connectivity index is 2.31. The van der Waals surface area contributed by atoms with Crippen LogP contribution in [0.4, 0.5) is 0 Å². The van der Waals surface area contributed by atoms with Crippen LogP contribution in [0.2, 0.25) is 0 Å². The average Bonchev–Trinajstić information content (AvgIpc) is 2.05. The van der Waals surface area contributed by atoms with E-state index in [1.807, 2.05) is 0 Å². The Hall–Kier alpha value is -0.570. The fourth-order valence-electron chi connectivity index (χ4n) is 1.33. The number of esters is 1. The maximum absolute atomic E-state index is 10.9. The van der Waals surface area contributed by atoms with Crippen molar-refractivity contribution in [3.05, 3.63) is 0 Å². The van der Waals surface area contributed by atoms with Crippen molar-refractivity contribution in [1.82, 2.24) is 0 Å². The molecule has 0 amide bonds. The van der Waals surface area contributed by atoms with E-state index in [0.717, 1.165) is 25.9 Å². The Labute approximate surface area is 60.7 Å². The molecule has 1 atom stereocenters. The van der Waals surface area contributed by atoms with E-state index in [0.29, 0.717) is 0 Å². The molecule has 1 aliphatic heterocycles. The van der Waals surface area contributed by atoms with E-state index in [2.05, 4.69) is 10.1 Å². The minimum absolute atomic E-state index is 0.0454. The lowest BCUT2D eigenvalue weighted by molar-refractivity contribution is -0.666. The summed E-state index contributed by atoms with van der Waals surface area (Å²) in [6.45, 7) is 2.07. The van der Waals surface area contributed by atoms with Crippen LogP contribution in [0.1, 0.15) is 12.8 Å². The monoisotopic (exact) mass is 144 g/mol. The molecule has 0 aliphatic carbocycles. The Morgan fingerprint density at radius 3 is 3.00 bits per heavy atom. The van der Waals surface area contributed by atoms with Crippen LogP contribution in [0.5, 0.6) is 0 Å². The van der Waals surface area contributed by atoms with E-state index in [9.17, 15) is 4.79 Å². The van der Waals surface area contributed by atoms with Gasteiger partial charge in [0.1, 0.15) is 5.92 Å². The van der Waals surface area contributed by atoms with Gasteiger partial charge in [-0.3, -0.25) is 4.79 Å². The van der Waals surface area contributed by atoms with Crippen molar-refractivity contribution in [3.63, 3.8) is 0 Å². The lowest BCUT2D eigenvalue weighted by atomic mass is 10.0. The van der Waals surface area contributed by atoms with Gasteiger partial charge in [-0.05, 0) is 12.8 Å². The number of ether oxygens (including phenoxy) is 1. The number of carbonyl (C=O) groups is 1. The van der Waals surface area contributed by atoms with E-state index >= 15 is 0 Å². The summed E-state index contributed by atoms with van der Waals surface area (Å²) < 4.78 is 4.63. The SMILES string of the molecule is COC(=O)[C@H]1CCC[NH2+]C1. The van der Waals surface area contributed by atoms with Crippen LogP contribution in [-0.2, 0) is 9.53 Å². The van der Waals surface area contributed by atoms with E-state index in [1.165, 1.54) is 7.11 Å². The van der Waals surface area contributed by atoms with Crippen LogP contribution in [0.15, 0.2) is 0 Å². The molecule has 0 bridgehead atoms. The van der Waals surface area contributed by atoms with Gasteiger partial charge in [0, 0.05) is 0 Å². The highest BCUT2D eigenvalue weighted by Gasteiger charge is 2.23. The van der Waals surface area contributed by atoms with Crippen molar-refractivity contribution in [2.45, 2.75) is 12.8 Å². The van der Waals surface area contributed by atoms with Crippen LogP contribution in [0, 0.1) is 5.92 Å². The van der Waals surface area contributed by atoms with Crippen LogP contribution in [-0.4, -0.2) is 26.2 Å². The van der Waals surface area contributed by atoms with Crippen molar-refractivity contribution in [3.8, 4) is 0 Å². The summed E-state index contributed by atoms with van der Waals surface area (Å²) in [5, 5.41) is 2.17.